The summed E-state index contributed by atoms with van der Waals surface area (Å²) in [6, 6.07) is 3.36. The summed E-state index contributed by atoms with van der Waals surface area (Å²) in [5, 5.41) is 26.4. The van der Waals surface area contributed by atoms with Crippen LogP contribution in [0.25, 0.3) is 0 Å². The van der Waals surface area contributed by atoms with E-state index in [9.17, 15) is 24.5 Å². The molecule has 5 rings (SSSR count). The minimum Gasteiger partial charge on any atom is -0.482 e. The lowest BCUT2D eigenvalue weighted by Gasteiger charge is -2.57. The van der Waals surface area contributed by atoms with E-state index in [1.165, 1.54) is 13.3 Å². The Labute approximate surface area is 247 Å². The molecule has 1 aromatic carbocycles. The number of amides is 1. The molecule has 1 amide bonds. The van der Waals surface area contributed by atoms with Crippen molar-refractivity contribution in [1.82, 2.24) is 4.92 Å². The van der Waals surface area contributed by atoms with E-state index in [4.69, 9.17) is 14.2 Å². The number of carbonyl (C=O) groups is 3. The van der Waals surface area contributed by atoms with E-state index >= 15 is 0 Å². The average molecular weight is 580 g/mol. The summed E-state index contributed by atoms with van der Waals surface area (Å²) in [7, 11) is -0.186. The van der Waals surface area contributed by atoms with Crippen molar-refractivity contribution in [2.24, 2.45) is 39.6 Å². The van der Waals surface area contributed by atoms with Crippen LogP contribution in [0.15, 0.2) is 29.9 Å². The van der Waals surface area contributed by atoms with Crippen LogP contribution in [0.2, 0.25) is 0 Å². The topological polar surface area (TPSA) is 135 Å². The van der Waals surface area contributed by atoms with Crippen LogP contribution in [0, 0.1) is 41.4 Å². The maximum absolute atomic E-state index is 13.4. The molecule has 0 spiro atoms. The van der Waals surface area contributed by atoms with Crippen LogP contribution in [-0.2, 0) is 19.1 Å². The van der Waals surface area contributed by atoms with Gasteiger partial charge < -0.3 is 24.3 Å². The molecule has 3 aliphatic carbocycles. The second kappa shape index (κ2) is 11.2. The smallest absolute Gasteiger partial charge is 0.479 e. The van der Waals surface area contributed by atoms with Gasteiger partial charge in [-0.1, -0.05) is 32.9 Å². The Balaban J connectivity index is 1.38. The molecule has 8 atom stereocenters. The molecule has 2 bridgehead atoms. The zero-order valence-corrected chi connectivity index (χ0v) is 25.0. The van der Waals surface area contributed by atoms with Crippen molar-refractivity contribution < 1.29 is 38.7 Å². The first-order chi connectivity index (χ1) is 19.9. The number of benzene rings is 1. The van der Waals surface area contributed by atoms with Gasteiger partial charge in [-0.2, -0.15) is 5.10 Å². The molecule has 226 valence electrons. The molecule has 4 aliphatic rings. The van der Waals surface area contributed by atoms with Gasteiger partial charge in [-0.15, -0.1) is 6.58 Å². The number of hydrazone groups is 1. The fourth-order valence-electron chi connectivity index (χ4n) is 8.33. The van der Waals surface area contributed by atoms with Gasteiger partial charge in [-0.3, -0.25) is 4.79 Å². The summed E-state index contributed by atoms with van der Waals surface area (Å²) in [4.78, 5) is 39.6. The van der Waals surface area contributed by atoms with Crippen molar-refractivity contribution in [1.29, 1.82) is 0 Å². The fraction of sp³-hybridized carbons (Fsp3) is 0.613. The van der Waals surface area contributed by atoms with Crippen LogP contribution in [-0.4, -0.2) is 72.1 Å². The van der Waals surface area contributed by atoms with E-state index in [0.717, 1.165) is 24.2 Å². The standard InChI is InChI=1S/C31H41BN2O8/c1-7-30(5)14-23(25-17(2)10-12-31(19(4)28(30)37)13-11-21(35)26(25)31)42-24(36)16-41-22-9-8-20-15-33-34(29(38)40-6)32(39)27(20)18(22)3/h7-9,15,17,19,23,25-26,28,37,39H,1,10-14,16H2,2-6H3/t17-,19+,23-,25?,26+,28+,30-,31+/m1/s1. The summed E-state index contributed by atoms with van der Waals surface area (Å²) < 4.78 is 16.7. The van der Waals surface area contributed by atoms with E-state index in [0.29, 0.717) is 35.2 Å². The Hall–Kier alpha value is -3.18. The Morgan fingerprint density at radius 1 is 1.29 bits per heavy atom. The zero-order valence-electron chi connectivity index (χ0n) is 25.0. The number of fused-ring (bicyclic) bond motifs is 1. The van der Waals surface area contributed by atoms with Gasteiger partial charge in [-0.25, -0.2) is 14.5 Å². The molecular formula is C31H41BN2O8. The maximum atomic E-state index is 13.4. The van der Waals surface area contributed by atoms with Gasteiger partial charge >= 0.3 is 19.1 Å². The molecule has 1 heterocycles. The lowest BCUT2D eigenvalue weighted by atomic mass is 9.49. The number of methoxy groups -OCH3 is 1. The number of nitrogens with zero attached hydrogens (tertiary/aromatic N) is 2. The number of carbonyl (C=O) groups excluding carboxylic acids is 3. The van der Waals surface area contributed by atoms with E-state index in [1.54, 1.807) is 25.1 Å². The van der Waals surface area contributed by atoms with Gasteiger partial charge in [-0.05, 0) is 72.5 Å². The van der Waals surface area contributed by atoms with Gasteiger partial charge in [0.15, 0.2) is 6.61 Å². The van der Waals surface area contributed by atoms with Gasteiger partial charge in [0.2, 0.25) is 0 Å². The van der Waals surface area contributed by atoms with E-state index < -0.39 is 43.3 Å². The molecule has 3 fully saturated rings. The highest BCUT2D eigenvalue weighted by Crippen LogP contribution is 2.63. The Kier molecular flexibility index (Phi) is 8.04. The number of hydrogen-bond donors (Lipinski definition) is 2. The Bertz CT molecular complexity index is 1320. The van der Waals surface area contributed by atoms with Crippen molar-refractivity contribution in [3.63, 3.8) is 0 Å². The number of esters is 1. The first kappa shape index (κ1) is 30.3. The third-order valence-electron chi connectivity index (χ3n) is 10.8. The van der Waals surface area contributed by atoms with Crippen molar-refractivity contribution in [3.8, 4) is 5.75 Å². The fourth-order valence-corrected chi connectivity index (χ4v) is 8.33. The molecule has 0 radical (unpaired) electrons. The lowest BCUT2D eigenvalue weighted by Crippen LogP contribution is -2.58. The Morgan fingerprint density at radius 3 is 2.71 bits per heavy atom. The molecule has 1 aromatic rings. The molecule has 0 aromatic heterocycles. The number of ketones is 1. The SMILES string of the molecule is C=C[C@]1(C)C[C@@H](OC(=O)COc2ccc3c(c2C)B(O)N(C(=O)OC)N=C3)C2[C@H](C)CC[C@]3(CCC(=O)[C@@H]23)[C@@H](C)[C@@H]1O. The molecule has 1 aliphatic heterocycles. The van der Waals surface area contributed by atoms with Gasteiger partial charge in [0.1, 0.15) is 17.6 Å². The number of Topliss-reactive ketones (excluding diaryl/α,β-unsaturated/α-hetero) is 1. The molecule has 0 saturated heterocycles. The first-order valence-electron chi connectivity index (χ1n) is 14.8. The van der Waals surface area contributed by atoms with E-state index in [-0.39, 0.29) is 34.9 Å². The molecule has 11 heteroatoms. The third-order valence-corrected chi connectivity index (χ3v) is 10.8. The van der Waals surface area contributed by atoms with Crippen molar-refractivity contribution >= 4 is 36.6 Å². The summed E-state index contributed by atoms with van der Waals surface area (Å²) >= 11 is 0. The van der Waals surface area contributed by atoms with Crippen LogP contribution in [0.3, 0.4) is 0 Å². The van der Waals surface area contributed by atoms with E-state index in [2.05, 4.69) is 25.5 Å². The second-order valence-electron chi connectivity index (χ2n) is 12.9. The predicted molar refractivity (Wildman–Crippen MR) is 156 cm³/mol. The molecule has 10 nitrogen and oxygen atoms in total. The first-order valence-corrected chi connectivity index (χ1v) is 14.8. The highest BCUT2D eigenvalue weighted by molar-refractivity contribution is 6.68. The van der Waals surface area contributed by atoms with Crippen molar-refractivity contribution in [2.45, 2.75) is 72.0 Å². The summed E-state index contributed by atoms with van der Waals surface area (Å²) in [6.45, 7) is 11.5. The minimum absolute atomic E-state index is 0.0885. The Morgan fingerprint density at radius 2 is 2.02 bits per heavy atom. The average Bonchev–Trinajstić information content (AvgIpc) is 3.31. The number of ether oxygens (including phenoxy) is 3. The van der Waals surface area contributed by atoms with Crippen molar-refractivity contribution in [3.05, 3.63) is 35.9 Å². The summed E-state index contributed by atoms with van der Waals surface area (Å²) in [6.07, 6.45) is 4.44. The van der Waals surface area contributed by atoms with Crippen LogP contribution in [0.5, 0.6) is 5.75 Å². The van der Waals surface area contributed by atoms with Gasteiger partial charge in [0.25, 0.3) is 0 Å². The number of rotatable bonds is 5. The highest BCUT2D eigenvalue weighted by atomic mass is 16.6. The minimum atomic E-state index is -1.38. The summed E-state index contributed by atoms with van der Waals surface area (Å²) in [5.41, 5.74) is 0.539. The van der Waals surface area contributed by atoms with Gasteiger partial charge in [0, 0.05) is 23.7 Å². The summed E-state index contributed by atoms with van der Waals surface area (Å²) in [5.74, 6) is -0.368. The molecule has 42 heavy (non-hydrogen) atoms. The monoisotopic (exact) mass is 580 g/mol. The zero-order chi connectivity index (χ0) is 30.6. The second-order valence-corrected chi connectivity index (χ2v) is 12.9. The maximum Gasteiger partial charge on any atom is 0.479 e. The van der Waals surface area contributed by atoms with Crippen molar-refractivity contribution in [2.75, 3.05) is 13.7 Å². The van der Waals surface area contributed by atoms with Crippen LogP contribution in [0.4, 0.5) is 4.79 Å². The third kappa shape index (κ3) is 4.74. The largest absolute Gasteiger partial charge is 0.482 e. The number of aliphatic hydroxyl groups is 1. The van der Waals surface area contributed by atoms with E-state index in [1.807, 2.05) is 6.92 Å². The molecule has 2 N–H and O–H groups in total. The quantitative estimate of drug-likeness (QED) is 0.309. The van der Waals surface area contributed by atoms with Crippen LogP contribution in [0.1, 0.15) is 64.0 Å². The normalized spacial score (nSPS) is 35.5. The van der Waals surface area contributed by atoms with Crippen LogP contribution < -0.4 is 10.2 Å². The predicted octanol–water partition coefficient (Wildman–Crippen LogP) is 2.99. The molecule has 1 unspecified atom stereocenters. The molecular weight excluding hydrogens is 539 g/mol. The number of hydrogen-bond acceptors (Lipinski definition) is 9. The highest BCUT2D eigenvalue weighted by Gasteiger charge is 2.63. The van der Waals surface area contributed by atoms with Gasteiger partial charge in [0.05, 0.1) is 19.4 Å². The molecule has 3 saturated carbocycles. The van der Waals surface area contributed by atoms with Crippen LogP contribution >= 0.6 is 0 Å². The lowest BCUT2D eigenvalue weighted by molar-refractivity contribution is -0.182. The number of aliphatic hydroxyl groups excluding tert-OH is 1.